The van der Waals surface area contributed by atoms with Gasteiger partial charge in [0.05, 0.1) is 12.6 Å². The SMILES string of the molecule is C[C@@H](c1nnnn1C(C)(C)C)[NH+]1CC[NH+](C)CC1. The second kappa shape index (κ2) is 4.93. The van der Waals surface area contributed by atoms with Crippen LogP contribution in [0.4, 0.5) is 0 Å². The molecule has 0 spiro atoms. The Bertz CT molecular complexity index is 386. The van der Waals surface area contributed by atoms with Crippen LogP contribution in [0.3, 0.4) is 0 Å². The molecule has 0 aromatic carbocycles. The Morgan fingerprint density at radius 1 is 1.17 bits per heavy atom. The van der Waals surface area contributed by atoms with Gasteiger partial charge in [0.2, 0.25) is 5.82 Å². The Morgan fingerprint density at radius 2 is 1.78 bits per heavy atom. The summed E-state index contributed by atoms with van der Waals surface area (Å²) in [6.45, 7) is 13.5. The van der Waals surface area contributed by atoms with E-state index in [0.717, 1.165) is 5.82 Å². The molecule has 2 N–H and O–H groups in total. The number of rotatable bonds is 2. The van der Waals surface area contributed by atoms with Crippen LogP contribution >= 0.6 is 0 Å². The number of tetrazole rings is 1. The van der Waals surface area contributed by atoms with Crippen LogP contribution in [0.1, 0.15) is 39.6 Å². The molecule has 1 aliphatic heterocycles. The highest BCUT2D eigenvalue weighted by atomic mass is 15.6. The molecule has 0 radical (unpaired) electrons. The van der Waals surface area contributed by atoms with E-state index in [9.17, 15) is 0 Å². The minimum Gasteiger partial charge on any atom is -0.328 e. The number of piperazine rings is 1. The number of aromatic nitrogens is 4. The van der Waals surface area contributed by atoms with Gasteiger partial charge < -0.3 is 9.80 Å². The van der Waals surface area contributed by atoms with Crippen molar-refractivity contribution in [1.29, 1.82) is 0 Å². The van der Waals surface area contributed by atoms with E-state index in [1.807, 2.05) is 4.68 Å². The number of hydrogen-bond donors (Lipinski definition) is 2. The highest BCUT2D eigenvalue weighted by molar-refractivity contribution is 4.90. The largest absolute Gasteiger partial charge is 0.328 e. The van der Waals surface area contributed by atoms with Crippen LogP contribution in [-0.2, 0) is 5.54 Å². The van der Waals surface area contributed by atoms with Gasteiger partial charge in [0.25, 0.3) is 0 Å². The van der Waals surface area contributed by atoms with Gasteiger partial charge in [0.15, 0.2) is 0 Å². The van der Waals surface area contributed by atoms with Gasteiger partial charge in [0.1, 0.15) is 32.2 Å². The van der Waals surface area contributed by atoms with Crippen LogP contribution in [0.25, 0.3) is 0 Å². The third-order valence-corrected chi connectivity index (χ3v) is 3.87. The molecule has 0 saturated carbocycles. The summed E-state index contributed by atoms with van der Waals surface area (Å²) < 4.78 is 1.97. The summed E-state index contributed by atoms with van der Waals surface area (Å²) in [6, 6.07) is 0.368. The Morgan fingerprint density at radius 3 is 2.33 bits per heavy atom. The maximum Gasteiger partial charge on any atom is 0.209 e. The Kier molecular flexibility index (Phi) is 3.68. The molecule has 1 aliphatic rings. The molecule has 0 aliphatic carbocycles. The molecule has 1 saturated heterocycles. The van der Waals surface area contributed by atoms with Crippen molar-refractivity contribution in [3.8, 4) is 0 Å². The normalized spacial score (nSPS) is 27.2. The van der Waals surface area contributed by atoms with Gasteiger partial charge in [0, 0.05) is 0 Å². The van der Waals surface area contributed by atoms with Gasteiger partial charge in [-0.3, -0.25) is 0 Å². The van der Waals surface area contributed by atoms with Crippen molar-refractivity contribution in [1.82, 2.24) is 20.2 Å². The second-order valence-electron chi connectivity index (χ2n) is 6.46. The van der Waals surface area contributed by atoms with Crippen LogP contribution in [-0.4, -0.2) is 53.4 Å². The van der Waals surface area contributed by atoms with Crippen molar-refractivity contribution in [2.75, 3.05) is 33.2 Å². The van der Waals surface area contributed by atoms with E-state index in [1.54, 1.807) is 9.80 Å². The molecule has 2 heterocycles. The summed E-state index contributed by atoms with van der Waals surface area (Å²) in [4.78, 5) is 3.22. The van der Waals surface area contributed by atoms with E-state index in [1.165, 1.54) is 26.2 Å². The minimum absolute atomic E-state index is 0.0512. The molecule has 0 amide bonds. The Hall–Kier alpha value is -1.01. The van der Waals surface area contributed by atoms with Crippen LogP contribution in [0.2, 0.25) is 0 Å². The third kappa shape index (κ3) is 2.70. The first-order valence-electron chi connectivity index (χ1n) is 6.84. The maximum absolute atomic E-state index is 4.25. The molecule has 1 atom stereocenters. The van der Waals surface area contributed by atoms with Crippen molar-refractivity contribution in [3.63, 3.8) is 0 Å². The van der Waals surface area contributed by atoms with Gasteiger partial charge >= 0.3 is 0 Å². The average Bonchev–Trinajstić information content (AvgIpc) is 2.77. The predicted octanol–water partition coefficient (Wildman–Crippen LogP) is -2.10. The summed E-state index contributed by atoms with van der Waals surface area (Å²) in [6.07, 6.45) is 0. The third-order valence-electron chi connectivity index (χ3n) is 3.87. The predicted molar refractivity (Wildman–Crippen MR) is 68.5 cm³/mol. The summed E-state index contributed by atoms with van der Waals surface area (Å²) >= 11 is 0. The smallest absolute Gasteiger partial charge is 0.209 e. The molecular weight excluding hydrogens is 228 g/mol. The van der Waals surface area contributed by atoms with Gasteiger partial charge in [-0.05, 0) is 38.1 Å². The second-order valence-corrected chi connectivity index (χ2v) is 6.46. The number of nitrogens with one attached hydrogen (secondary N) is 2. The van der Waals surface area contributed by atoms with Gasteiger partial charge in [-0.15, -0.1) is 5.10 Å². The van der Waals surface area contributed by atoms with E-state index in [-0.39, 0.29) is 5.54 Å². The van der Waals surface area contributed by atoms with E-state index in [0.29, 0.717) is 6.04 Å². The van der Waals surface area contributed by atoms with E-state index >= 15 is 0 Å². The van der Waals surface area contributed by atoms with Gasteiger partial charge in [-0.2, -0.15) is 0 Å². The number of nitrogens with zero attached hydrogens (tertiary/aromatic N) is 4. The van der Waals surface area contributed by atoms with Crippen molar-refractivity contribution in [2.45, 2.75) is 39.3 Å². The van der Waals surface area contributed by atoms with Gasteiger partial charge in [-0.1, -0.05) is 0 Å². The zero-order chi connectivity index (χ0) is 13.3. The standard InChI is InChI=1S/C12H24N6/c1-10(17-8-6-16(5)7-9-17)11-13-14-15-18(11)12(2,3)4/h10H,6-9H2,1-5H3/p+2/t10-/m0/s1. The fraction of sp³-hybridized carbons (Fsp3) is 0.917. The van der Waals surface area contributed by atoms with Crippen molar-refractivity contribution < 1.29 is 9.80 Å². The zero-order valence-corrected chi connectivity index (χ0v) is 12.2. The molecular formula is C12H26N6+2. The molecule has 1 aromatic heterocycles. The molecule has 6 heteroatoms. The molecule has 1 aromatic rings. The van der Waals surface area contributed by atoms with E-state index in [2.05, 4.69) is 50.3 Å². The quantitative estimate of drug-likeness (QED) is 0.636. The van der Waals surface area contributed by atoms with Gasteiger partial charge in [-0.25, -0.2) is 4.68 Å². The molecule has 0 bridgehead atoms. The summed E-state index contributed by atoms with van der Waals surface area (Å²) in [7, 11) is 2.26. The summed E-state index contributed by atoms with van der Waals surface area (Å²) in [5, 5.41) is 12.3. The van der Waals surface area contributed by atoms with Crippen LogP contribution in [0.15, 0.2) is 0 Å². The molecule has 0 unspecified atom stereocenters. The highest BCUT2D eigenvalue weighted by Gasteiger charge is 2.32. The fourth-order valence-corrected chi connectivity index (χ4v) is 2.56. The maximum atomic E-state index is 4.25. The number of likely N-dealkylation sites (N-methyl/N-ethyl adjacent to an activating group) is 1. The van der Waals surface area contributed by atoms with Crippen LogP contribution < -0.4 is 9.80 Å². The number of quaternary nitrogens is 2. The Labute approximate surface area is 109 Å². The van der Waals surface area contributed by atoms with Crippen molar-refractivity contribution in [2.24, 2.45) is 0 Å². The molecule has 2 rings (SSSR count). The molecule has 18 heavy (non-hydrogen) atoms. The minimum atomic E-state index is -0.0512. The topological polar surface area (TPSA) is 52.5 Å². The van der Waals surface area contributed by atoms with E-state index < -0.39 is 0 Å². The van der Waals surface area contributed by atoms with Crippen molar-refractivity contribution >= 4 is 0 Å². The molecule has 6 nitrogen and oxygen atoms in total. The first-order valence-corrected chi connectivity index (χ1v) is 6.84. The lowest BCUT2D eigenvalue weighted by molar-refractivity contribution is -1.02. The van der Waals surface area contributed by atoms with Crippen LogP contribution in [0.5, 0.6) is 0 Å². The highest BCUT2D eigenvalue weighted by Crippen LogP contribution is 2.16. The number of hydrogen-bond acceptors (Lipinski definition) is 3. The summed E-state index contributed by atoms with van der Waals surface area (Å²) in [5.74, 6) is 1.01. The fourth-order valence-electron chi connectivity index (χ4n) is 2.56. The van der Waals surface area contributed by atoms with E-state index in [4.69, 9.17) is 0 Å². The first-order chi connectivity index (χ1) is 8.39. The monoisotopic (exact) mass is 254 g/mol. The molecule has 102 valence electrons. The first kappa shape index (κ1) is 13.4. The van der Waals surface area contributed by atoms with Crippen LogP contribution in [0, 0.1) is 0 Å². The molecule has 1 fully saturated rings. The lowest BCUT2D eigenvalue weighted by Gasteiger charge is -2.32. The lowest BCUT2D eigenvalue weighted by atomic mass is 10.1. The Balaban J connectivity index is 2.14. The lowest BCUT2D eigenvalue weighted by Crippen LogP contribution is -3.26. The average molecular weight is 254 g/mol. The summed E-state index contributed by atoms with van der Waals surface area (Å²) in [5.41, 5.74) is -0.0512. The zero-order valence-electron chi connectivity index (χ0n) is 12.2. The van der Waals surface area contributed by atoms with Crippen molar-refractivity contribution in [3.05, 3.63) is 5.82 Å².